The Kier molecular flexibility index (Phi) is 4.95. The summed E-state index contributed by atoms with van der Waals surface area (Å²) in [6.45, 7) is 2.89. The first kappa shape index (κ1) is 15.0. The Morgan fingerprint density at radius 2 is 2.00 bits per heavy atom. The molecular formula is C13H12BrClN4OS. The van der Waals surface area contributed by atoms with Crippen molar-refractivity contribution >= 4 is 45.2 Å². The van der Waals surface area contributed by atoms with Crippen LogP contribution in [0.4, 0.5) is 5.95 Å². The molecule has 0 unspecified atom stereocenters. The average molecular weight is 388 g/mol. The Balaban J connectivity index is 1.83. The van der Waals surface area contributed by atoms with E-state index in [9.17, 15) is 0 Å². The highest BCUT2D eigenvalue weighted by Gasteiger charge is 2.16. The molecule has 0 atom stereocenters. The molecule has 0 spiro atoms. The quantitative estimate of drug-likeness (QED) is 0.805. The largest absolute Gasteiger partial charge is 0.378 e. The maximum Gasteiger partial charge on any atom is 0.230 e. The molecule has 1 fully saturated rings. The molecule has 1 aliphatic heterocycles. The second kappa shape index (κ2) is 6.91. The molecule has 110 valence electrons. The molecular weight excluding hydrogens is 376 g/mol. The van der Waals surface area contributed by atoms with Gasteiger partial charge in [-0.3, -0.25) is 0 Å². The van der Waals surface area contributed by atoms with Gasteiger partial charge in [0.2, 0.25) is 11.2 Å². The van der Waals surface area contributed by atoms with Crippen molar-refractivity contribution in [2.45, 2.75) is 10.1 Å². The summed E-state index contributed by atoms with van der Waals surface area (Å²) < 4.78 is 6.35. The summed E-state index contributed by atoms with van der Waals surface area (Å²) in [6, 6.07) is 7.96. The standard InChI is InChI=1S/C13H12BrClN4OS/c14-9-2-1-3-10(8-9)21-13-17-11(15)16-12(18-13)19-4-6-20-7-5-19/h1-3,8H,4-7H2. The Morgan fingerprint density at radius 3 is 2.76 bits per heavy atom. The highest BCUT2D eigenvalue weighted by molar-refractivity contribution is 9.10. The van der Waals surface area contributed by atoms with Crippen molar-refractivity contribution < 1.29 is 4.74 Å². The molecule has 1 aromatic heterocycles. The number of ether oxygens (including phenoxy) is 1. The first-order chi connectivity index (χ1) is 10.2. The predicted molar refractivity (Wildman–Crippen MR) is 86.1 cm³/mol. The van der Waals surface area contributed by atoms with E-state index in [0.29, 0.717) is 24.3 Å². The van der Waals surface area contributed by atoms with Gasteiger partial charge >= 0.3 is 0 Å². The number of rotatable bonds is 3. The molecule has 1 saturated heterocycles. The fraction of sp³-hybridized carbons (Fsp3) is 0.308. The van der Waals surface area contributed by atoms with E-state index in [1.165, 1.54) is 11.8 Å². The zero-order valence-electron chi connectivity index (χ0n) is 11.0. The first-order valence-electron chi connectivity index (χ1n) is 6.38. The van der Waals surface area contributed by atoms with Crippen molar-refractivity contribution in [1.82, 2.24) is 15.0 Å². The summed E-state index contributed by atoms with van der Waals surface area (Å²) in [7, 11) is 0. The molecule has 0 bridgehead atoms. The number of hydrogen-bond donors (Lipinski definition) is 0. The van der Waals surface area contributed by atoms with Gasteiger partial charge in [-0.15, -0.1) is 0 Å². The van der Waals surface area contributed by atoms with Gasteiger partial charge in [0.05, 0.1) is 13.2 Å². The lowest BCUT2D eigenvalue weighted by Crippen LogP contribution is -2.37. The summed E-state index contributed by atoms with van der Waals surface area (Å²) in [4.78, 5) is 16.0. The molecule has 21 heavy (non-hydrogen) atoms. The second-order valence-corrected chi connectivity index (χ2v) is 6.64. The average Bonchev–Trinajstić information content (AvgIpc) is 2.47. The van der Waals surface area contributed by atoms with Crippen LogP contribution >= 0.6 is 39.3 Å². The number of morpholine rings is 1. The van der Waals surface area contributed by atoms with Gasteiger partial charge in [-0.1, -0.05) is 22.0 Å². The Hall–Kier alpha value is -0.890. The predicted octanol–water partition coefficient (Wildman–Crippen LogP) is 3.28. The van der Waals surface area contributed by atoms with E-state index in [-0.39, 0.29) is 5.28 Å². The SMILES string of the molecule is Clc1nc(Sc2cccc(Br)c2)nc(N2CCOCC2)n1. The highest BCUT2D eigenvalue weighted by atomic mass is 79.9. The van der Waals surface area contributed by atoms with Gasteiger partial charge in [0.25, 0.3) is 0 Å². The van der Waals surface area contributed by atoms with Gasteiger partial charge in [0, 0.05) is 22.5 Å². The molecule has 3 rings (SSSR count). The number of nitrogens with zero attached hydrogens (tertiary/aromatic N) is 4. The van der Waals surface area contributed by atoms with E-state index >= 15 is 0 Å². The van der Waals surface area contributed by atoms with Crippen molar-refractivity contribution in [2.24, 2.45) is 0 Å². The van der Waals surface area contributed by atoms with Crippen molar-refractivity contribution in [3.05, 3.63) is 34.0 Å². The van der Waals surface area contributed by atoms with Crippen LogP contribution in [0.2, 0.25) is 5.28 Å². The number of hydrogen-bond acceptors (Lipinski definition) is 6. The van der Waals surface area contributed by atoms with E-state index < -0.39 is 0 Å². The molecule has 0 amide bonds. The van der Waals surface area contributed by atoms with Crippen LogP contribution < -0.4 is 4.90 Å². The topological polar surface area (TPSA) is 51.1 Å². The summed E-state index contributed by atoms with van der Waals surface area (Å²) in [6.07, 6.45) is 0. The van der Waals surface area contributed by atoms with E-state index in [2.05, 4.69) is 35.8 Å². The van der Waals surface area contributed by atoms with E-state index in [1.54, 1.807) is 0 Å². The normalized spacial score (nSPS) is 15.2. The molecule has 2 aromatic rings. The van der Waals surface area contributed by atoms with Crippen LogP contribution in [-0.4, -0.2) is 41.3 Å². The van der Waals surface area contributed by atoms with Crippen LogP contribution in [0.15, 0.2) is 38.8 Å². The molecule has 8 heteroatoms. The molecule has 0 N–H and O–H groups in total. The number of aromatic nitrogens is 3. The van der Waals surface area contributed by atoms with Crippen LogP contribution in [0.5, 0.6) is 0 Å². The number of anilines is 1. The van der Waals surface area contributed by atoms with Gasteiger partial charge in [-0.05, 0) is 41.6 Å². The van der Waals surface area contributed by atoms with Crippen molar-refractivity contribution in [3.8, 4) is 0 Å². The number of benzene rings is 1. The minimum Gasteiger partial charge on any atom is -0.378 e. The van der Waals surface area contributed by atoms with Crippen molar-refractivity contribution in [3.63, 3.8) is 0 Å². The van der Waals surface area contributed by atoms with Gasteiger partial charge in [-0.2, -0.15) is 15.0 Å². The molecule has 0 aliphatic carbocycles. The van der Waals surface area contributed by atoms with E-state index in [4.69, 9.17) is 16.3 Å². The minimum atomic E-state index is 0.212. The molecule has 0 saturated carbocycles. The minimum absolute atomic E-state index is 0.212. The van der Waals surface area contributed by atoms with Gasteiger partial charge in [-0.25, -0.2) is 0 Å². The summed E-state index contributed by atoms with van der Waals surface area (Å²) in [5, 5.41) is 0.804. The van der Waals surface area contributed by atoms with Crippen molar-refractivity contribution in [2.75, 3.05) is 31.2 Å². The Morgan fingerprint density at radius 1 is 1.19 bits per heavy atom. The summed E-state index contributed by atoms with van der Waals surface area (Å²) >= 11 is 10.9. The van der Waals surface area contributed by atoms with E-state index in [1.807, 2.05) is 24.3 Å². The molecule has 0 radical (unpaired) electrons. The molecule has 2 heterocycles. The van der Waals surface area contributed by atoms with Gasteiger partial charge < -0.3 is 9.64 Å². The Labute approximate surface area is 140 Å². The van der Waals surface area contributed by atoms with Crippen LogP contribution in [0.1, 0.15) is 0 Å². The molecule has 1 aromatic carbocycles. The van der Waals surface area contributed by atoms with Crippen LogP contribution in [0.3, 0.4) is 0 Å². The highest BCUT2D eigenvalue weighted by Crippen LogP contribution is 2.28. The lowest BCUT2D eigenvalue weighted by Gasteiger charge is -2.26. The fourth-order valence-electron chi connectivity index (χ4n) is 1.91. The summed E-state index contributed by atoms with van der Waals surface area (Å²) in [5.74, 6) is 0.607. The monoisotopic (exact) mass is 386 g/mol. The third-order valence-electron chi connectivity index (χ3n) is 2.87. The zero-order chi connectivity index (χ0) is 14.7. The van der Waals surface area contributed by atoms with Crippen LogP contribution in [-0.2, 0) is 4.74 Å². The zero-order valence-corrected chi connectivity index (χ0v) is 14.2. The molecule has 1 aliphatic rings. The van der Waals surface area contributed by atoms with Crippen molar-refractivity contribution in [1.29, 1.82) is 0 Å². The maximum absolute atomic E-state index is 6.02. The third-order valence-corrected chi connectivity index (χ3v) is 4.39. The lowest BCUT2D eigenvalue weighted by molar-refractivity contribution is 0.122. The fourth-order valence-corrected chi connectivity index (χ4v) is 3.47. The van der Waals surface area contributed by atoms with Crippen LogP contribution in [0, 0.1) is 0 Å². The van der Waals surface area contributed by atoms with Gasteiger partial charge in [0.1, 0.15) is 0 Å². The van der Waals surface area contributed by atoms with Crippen LogP contribution in [0.25, 0.3) is 0 Å². The molecule has 5 nitrogen and oxygen atoms in total. The number of halogens is 2. The smallest absolute Gasteiger partial charge is 0.230 e. The first-order valence-corrected chi connectivity index (χ1v) is 8.37. The van der Waals surface area contributed by atoms with Gasteiger partial charge in [0.15, 0.2) is 5.16 Å². The Bertz CT molecular complexity index is 639. The maximum atomic E-state index is 6.02. The summed E-state index contributed by atoms with van der Waals surface area (Å²) in [5.41, 5.74) is 0. The second-order valence-electron chi connectivity index (χ2n) is 4.35. The van der Waals surface area contributed by atoms with E-state index in [0.717, 1.165) is 22.5 Å². The lowest BCUT2D eigenvalue weighted by atomic mass is 10.4. The third kappa shape index (κ3) is 4.06.